The first-order valence-corrected chi connectivity index (χ1v) is 12.8. The molecule has 0 aliphatic rings. The summed E-state index contributed by atoms with van der Waals surface area (Å²) in [5.41, 5.74) is 4.27. The van der Waals surface area contributed by atoms with Gasteiger partial charge in [-0.15, -0.1) is 0 Å². The maximum absolute atomic E-state index is 13.5. The number of anilines is 1. The highest BCUT2D eigenvalue weighted by atomic mass is 32.2. The van der Waals surface area contributed by atoms with Gasteiger partial charge in [0.15, 0.2) is 0 Å². The lowest BCUT2D eigenvalue weighted by Gasteiger charge is -2.32. The van der Waals surface area contributed by atoms with Crippen LogP contribution in [0.4, 0.5) is 5.69 Å². The second kappa shape index (κ2) is 10.8. The van der Waals surface area contributed by atoms with Gasteiger partial charge in [0.25, 0.3) is 0 Å². The van der Waals surface area contributed by atoms with Crippen LogP contribution in [0.5, 0.6) is 0 Å². The summed E-state index contributed by atoms with van der Waals surface area (Å²) >= 11 is 0. The first-order valence-electron chi connectivity index (χ1n) is 11.0. The number of hydrogen-bond donors (Lipinski definition) is 1. The molecule has 33 heavy (non-hydrogen) atoms. The molecule has 0 aromatic heterocycles. The second-order valence-electron chi connectivity index (χ2n) is 8.89. The molecular formula is C25H35N3O4S. The van der Waals surface area contributed by atoms with E-state index in [9.17, 15) is 18.0 Å². The van der Waals surface area contributed by atoms with Gasteiger partial charge in [-0.1, -0.05) is 35.9 Å². The van der Waals surface area contributed by atoms with Crippen molar-refractivity contribution < 1.29 is 18.0 Å². The van der Waals surface area contributed by atoms with Gasteiger partial charge < -0.3 is 10.2 Å². The monoisotopic (exact) mass is 473 g/mol. The summed E-state index contributed by atoms with van der Waals surface area (Å²) in [6.45, 7) is 10.9. The zero-order chi connectivity index (χ0) is 24.9. The molecular weight excluding hydrogens is 438 g/mol. The molecule has 2 aromatic rings. The molecule has 0 aliphatic carbocycles. The number of carbonyl (C=O) groups excluding carboxylic acids is 2. The van der Waals surface area contributed by atoms with Crippen LogP contribution in [-0.4, -0.2) is 50.0 Å². The van der Waals surface area contributed by atoms with Crippen molar-refractivity contribution in [1.29, 1.82) is 0 Å². The Balaban J connectivity index is 2.41. The van der Waals surface area contributed by atoms with Crippen molar-refractivity contribution in [2.75, 3.05) is 17.1 Å². The van der Waals surface area contributed by atoms with Gasteiger partial charge in [0.2, 0.25) is 21.8 Å². The predicted octanol–water partition coefficient (Wildman–Crippen LogP) is 3.32. The standard InChI is InChI=1S/C25H35N3O4S/c1-17(2)26-25(30)21(6)27(15-22-10-8-9-18(3)13-22)24(29)16-28(33(7,31)32)23-12-11-19(4)20(5)14-23/h8-14,17,21H,15-16H2,1-7H3,(H,26,30)/t21-/m0/s1. The third-order valence-electron chi connectivity index (χ3n) is 5.49. The molecule has 0 aliphatic heterocycles. The van der Waals surface area contributed by atoms with E-state index in [-0.39, 0.29) is 18.5 Å². The molecule has 0 saturated carbocycles. The van der Waals surface area contributed by atoms with E-state index in [4.69, 9.17) is 0 Å². The highest BCUT2D eigenvalue weighted by Crippen LogP contribution is 2.22. The summed E-state index contributed by atoms with van der Waals surface area (Å²) in [5.74, 6) is -0.741. The molecule has 0 bridgehead atoms. The van der Waals surface area contributed by atoms with Crippen molar-refractivity contribution in [3.8, 4) is 0 Å². The van der Waals surface area contributed by atoms with E-state index in [1.807, 2.05) is 65.0 Å². The maximum Gasteiger partial charge on any atom is 0.244 e. The van der Waals surface area contributed by atoms with Crippen LogP contribution < -0.4 is 9.62 Å². The molecule has 2 amide bonds. The summed E-state index contributed by atoms with van der Waals surface area (Å²) in [5, 5.41) is 2.84. The van der Waals surface area contributed by atoms with Crippen LogP contribution in [0.25, 0.3) is 0 Å². The third kappa shape index (κ3) is 7.32. The fourth-order valence-corrected chi connectivity index (χ4v) is 4.33. The van der Waals surface area contributed by atoms with Crippen LogP contribution >= 0.6 is 0 Å². The van der Waals surface area contributed by atoms with E-state index in [1.165, 1.54) is 4.90 Å². The van der Waals surface area contributed by atoms with Crippen LogP contribution in [0.1, 0.15) is 43.0 Å². The Morgan fingerprint density at radius 2 is 1.64 bits per heavy atom. The quantitative estimate of drug-likeness (QED) is 0.605. The minimum absolute atomic E-state index is 0.0843. The molecule has 0 saturated heterocycles. The Labute approximate surface area is 197 Å². The molecule has 0 heterocycles. The number of benzene rings is 2. The fraction of sp³-hybridized carbons (Fsp3) is 0.440. The van der Waals surface area contributed by atoms with E-state index >= 15 is 0 Å². The number of hydrogen-bond acceptors (Lipinski definition) is 4. The van der Waals surface area contributed by atoms with Gasteiger partial charge in [-0.25, -0.2) is 8.42 Å². The van der Waals surface area contributed by atoms with Gasteiger partial charge >= 0.3 is 0 Å². The molecule has 0 fully saturated rings. The highest BCUT2D eigenvalue weighted by Gasteiger charge is 2.30. The lowest BCUT2D eigenvalue weighted by molar-refractivity contribution is -0.139. The first-order chi connectivity index (χ1) is 15.3. The highest BCUT2D eigenvalue weighted by molar-refractivity contribution is 7.92. The smallest absolute Gasteiger partial charge is 0.244 e. The van der Waals surface area contributed by atoms with Crippen LogP contribution in [0, 0.1) is 20.8 Å². The molecule has 7 nitrogen and oxygen atoms in total. The molecule has 180 valence electrons. The van der Waals surface area contributed by atoms with E-state index in [2.05, 4.69) is 5.32 Å². The minimum Gasteiger partial charge on any atom is -0.352 e. The van der Waals surface area contributed by atoms with E-state index in [0.29, 0.717) is 5.69 Å². The van der Waals surface area contributed by atoms with E-state index < -0.39 is 28.5 Å². The Morgan fingerprint density at radius 3 is 2.18 bits per heavy atom. The van der Waals surface area contributed by atoms with Crippen LogP contribution in [-0.2, 0) is 26.2 Å². The number of nitrogens with one attached hydrogen (secondary N) is 1. The molecule has 2 aromatic carbocycles. The number of aryl methyl sites for hydroxylation is 3. The van der Waals surface area contributed by atoms with Gasteiger partial charge in [-0.2, -0.15) is 0 Å². The predicted molar refractivity (Wildman–Crippen MR) is 133 cm³/mol. The second-order valence-corrected chi connectivity index (χ2v) is 10.8. The topological polar surface area (TPSA) is 86.8 Å². The third-order valence-corrected chi connectivity index (χ3v) is 6.63. The molecule has 1 N–H and O–H groups in total. The average Bonchev–Trinajstić information content (AvgIpc) is 2.70. The molecule has 8 heteroatoms. The molecule has 2 rings (SSSR count). The van der Waals surface area contributed by atoms with Crippen molar-refractivity contribution in [1.82, 2.24) is 10.2 Å². The van der Waals surface area contributed by atoms with Gasteiger partial charge in [-0.3, -0.25) is 13.9 Å². The Hall–Kier alpha value is -2.87. The molecule has 0 unspecified atom stereocenters. The van der Waals surface area contributed by atoms with Gasteiger partial charge in [0.1, 0.15) is 12.6 Å². The first kappa shape index (κ1) is 26.4. The summed E-state index contributed by atoms with van der Waals surface area (Å²) in [6, 6.07) is 12.1. The lowest BCUT2D eigenvalue weighted by Crippen LogP contribution is -2.52. The van der Waals surface area contributed by atoms with E-state index in [1.54, 1.807) is 19.1 Å². The van der Waals surface area contributed by atoms with E-state index in [0.717, 1.165) is 32.8 Å². The van der Waals surface area contributed by atoms with Crippen LogP contribution in [0.15, 0.2) is 42.5 Å². The van der Waals surface area contributed by atoms with Gasteiger partial charge in [-0.05, 0) is 70.4 Å². The Morgan fingerprint density at radius 1 is 0.970 bits per heavy atom. The largest absolute Gasteiger partial charge is 0.352 e. The summed E-state index contributed by atoms with van der Waals surface area (Å²) < 4.78 is 26.3. The normalized spacial score (nSPS) is 12.4. The van der Waals surface area contributed by atoms with Gasteiger partial charge in [0.05, 0.1) is 11.9 Å². The number of sulfonamides is 1. The summed E-state index contributed by atoms with van der Waals surface area (Å²) in [7, 11) is -3.74. The fourth-order valence-electron chi connectivity index (χ4n) is 3.49. The number of amides is 2. The van der Waals surface area contributed by atoms with Crippen molar-refractivity contribution in [2.45, 2.75) is 60.2 Å². The summed E-state index contributed by atoms with van der Waals surface area (Å²) in [6.07, 6.45) is 1.08. The molecule has 0 radical (unpaired) electrons. The minimum atomic E-state index is -3.74. The average molecular weight is 474 g/mol. The lowest BCUT2D eigenvalue weighted by atomic mass is 10.1. The zero-order valence-corrected chi connectivity index (χ0v) is 21.4. The van der Waals surface area contributed by atoms with Crippen molar-refractivity contribution in [3.05, 3.63) is 64.7 Å². The summed E-state index contributed by atoms with van der Waals surface area (Å²) in [4.78, 5) is 27.7. The number of rotatable bonds is 9. The molecule has 0 spiro atoms. The number of nitrogens with zero attached hydrogens (tertiary/aromatic N) is 2. The number of carbonyl (C=O) groups is 2. The van der Waals surface area contributed by atoms with Gasteiger partial charge in [0, 0.05) is 12.6 Å². The van der Waals surface area contributed by atoms with Crippen molar-refractivity contribution in [3.63, 3.8) is 0 Å². The SMILES string of the molecule is Cc1cccc(CN(C(=O)CN(c2ccc(C)c(C)c2)S(C)(=O)=O)[C@@H](C)C(=O)NC(C)C)c1. The maximum atomic E-state index is 13.5. The van der Waals surface area contributed by atoms with Crippen LogP contribution in [0.2, 0.25) is 0 Å². The van der Waals surface area contributed by atoms with Crippen molar-refractivity contribution in [2.24, 2.45) is 0 Å². The van der Waals surface area contributed by atoms with Crippen LogP contribution in [0.3, 0.4) is 0 Å². The zero-order valence-electron chi connectivity index (χ0n) is 20.5. The Bertz CT molecular complexity index is 1110. The van der Waals surface area contributed by atoms with Crippen molar-refractivity contribution >= 4 is 27.5 Å². The molecule has 1 atom stereocenters. The Kier molecular flexibility index (Phi) is 8.66.